The molecule has 0 spiro atoms. The zero-order chi connectivity index (χ0) is 13.6. The van der Waals surface area contributed by atoms with Crippen LogP contribution in [-0.4, -0.2) is 23.5 Å². The van der Waals surface area contributed by atoms with E-state index in [-0.39, 0.29) is 29.6 Å². The Kier molecular flexibility index (Phi) is 16.9. The number of hydrogen-bond donors (Lipinski definition) is 1. The molecule has 0 aromatic heterocycles. The number of nitrogens with zero attached hydrogens (tertiary/aromatic N) is 1. The fourth-order valence-electron chi connectivity index (χ4n) is 1.46. The van der Waals surface area contributed by atoms with Crippen molar-refractivity contribution in [2.75, 3.05) is 6.54 Å². The third kappa shape index (κ3) is 17.4. The van der Waals surface area contributed by atoms with E-state index in [9.17, 15) is 9.90 Å². The molecule has 0 saturated heterocycles. The maximum absolute atomic E-state index is 11.0. The van der Waals surface area contributed by atoms with E-state index >= 15 is 0 Å². The van der Waals surface area contributed by atoms with Gasteiger partial charge in [0.25, 0.3) is 0 Å². The number of carbonyl (C=O) groups is 1. The molecule has 4 nitrogen and oxygen atoms in total. The van der Waals surface area contributed by atoms with Gasteiger partial charge in [-0.2, -0.15) is 0 Å². The van der Waals surface area contributed by atoms with Crippen molar-refractivity contribution in [3.63, 3.8) is 0 Å². The third-order valence-electron chi connectivity index (χ3n) is 2.40. The van der Waals surface area contributed by atoms with Crippen molar-refractivity contribution in [2.45, 2.75) is 45.4 Å². The molecule has 0 fully saturated rings. The fraction of sp³-hybridized carbons (Fsp3) is 0.571. The zero-order valence-electron chi connectivity index (χ0n) is 12.0. The molecule has 0 aromatic carbocycles. The molecule has 0 aliphatic heterocycles. The van der Waals surface area contributed by atoms with E-state index in [0.717, 1.165) is 37.8 Å². The second-order valence-electron chi connectivity index (χ2n) is 4.02. The van der Waals surface area contributed by atoms with Crippen LogP contribution in [-0.2, 0) is 4.79 Å². The maximum Gasteiger partial charge on any atom is 1.00 e. The van der Waals surface area contributed by atoms with Crippen LogP contribution < -0.4 is 34.7 Å². The molecule has 102 valence electrons. The topological polar surface area (TPSA) is 72.7 Å². The summed E-state index contributed by atoms with van der Waals surface area (Å²) >= 11 is 0. The summed E-state index contributed by atoms with van der Waals surface area (Å²) in [4.78, 5) is 13.9. The van der Waals surface area contributed by atoms with Gasteiger partial charge in [0.2, 0.25) is 0 Å². The molecule has 0 radical (unpaired) electrons. The fourth-order valence-corrected chi connectivity index (χ4v) is 1.46. The van der Waals surface area contributed by atoms with Gasteiger partial charge < -0.3 is 15.2 Å². The minimum atomic E-state index is -1.13. The van der Waals surface area contributed by atoms with Crippen molar-refractivity contribution < 1.29 is 44.6 Å². The largest absolute Gasteiger partial charge is 1.00 e. The summed E-state index contributed by atoms with van der Waals surface area (Å²) in [5.74, 6) is -1.59. The molecule has 0 unspecified atom stereocenters. The van der Waals surface area contributed by atoms with Gasteiger partial charge in [0.15, 0.2) is 0 Å². The summed E-state index contributed by atoms with van der Waals surface area (Å²) < 4.78 is 0. The van der Waals surface area contributed by atoms with E-state index < -0.39 is 11.9 Å². The standard InChI is InChI=1S/C14H23NO3.Na/c1-2-3-4-5-6-7-8-9-12-15-13(16)10-11-14(17)18;/h2-3,10-11H,4-9,12H2,1H3,(H,15,16)(H,17,18);/q;+1/p-1/b3-2+,11-10+;. The first kappa shape index (κ1) is 20.7. The second-order valence-corrected chi connectivity index (χ2v) is 4.02. The van der Waals surface area contributed by atoms with Gasteiger partial charge >= 0.3 is 35.5 Å². The van der Waals surface area contributed by atoms with Gasteiger partial charge in [0.1, 0.15) is 0 Å². The summed E-state index contributed by atoms with van der Waals surface area (Å²) in [6.07, 6.45) is 12.7. The van der Waals surface area contributed by atoms with Crippen LogP contribution in [0.4, 0.5) is 0 Å². The molecule has 19 heavy (non-hydrogen) atoms. The smallest absolute Gasteiger partial charge is 0.859 e. The van der Waals surface area contributed by atoms with E-state index in [1.807, 2.05) is 6.92 Å². The minimum absolute atomic E-state index is 0. The molecule has 0 atom stereocenters. The predicted octanol–water partition coefficient (Wildman–Crippen LogP) is -0.693. The van der Waals surface area contributed by atoms with Crippen molar-refractivity contribution in [1.82, 2.24) is 0 Å². The number of aliphatic carboxylic acids is 1. The number of hydrogen-bond acceptors (Lipinski definition) is 3. The number of rotatable bonds is 10. The van der Waals surface area contributed by atoms with Crippen LogP contribution in [0.5, 0.6) is 0 Å². The zero-order valence-corrected chi connectivity index (χ0v) is 14.0. The van der Waals surface area contributed by atoms with Gasteiger partial charge in [0, 0.05) is 12.6 Å². The molecule has 0 aromatic rings. The molecule has 5 heteroatoms. The monoisotopic (exact) mass is 275 g/mol. The third-order valence-corrected chi connectivity index (χ3v) is 2.40. The van der Waals surface area contributed by atoms with E-state index in [0.29, 0.717) is 6.54 Å². The van der Waals surface area contributed by atoms with Crippen molar-refractivity contribution in [1.29, 1.82) is 0 Å². The van der Waals surface area contributed by atoms with E-state index in [2.05, 4.69) is 17.1 Å². The first-order chi connectivity index (χ1) is 8.66. The van der Waals surface area contributed by atoms with Gasteiger partial charge in [-0.3, -0.25) is 0 Å². The molecular weight excluding hydrogens is 253 g/mol. The minimum Gasteiger partial charge on any atom is -0.859 e. The average Bonchev–Trinajstić information content (AvgIpc) is 2.34. The average molecular weight is 275 g/mol. The van der Waals surface area contributed by atoms with Gasteiger partial charge in [0.05, 0.1) is 0 Å². The van der Waals surface area contributed by atoms with E-state index in [1.54, 1.807) is 0 Å². The Labute approximate surface area is 137 Å². The van der Waals surface area contributed by atoms with Gasteiger partial charge in [-0.15, -0.1) is 0 Å². The van der Waals surface area contributed by atoms with Crippen LogP contribution in [0.3, 0.4) is 0 Å². The number of carboxylic acids is 1. The van der Waals surface area contributed by atoms with Crippen LogP contribution in [0, 0.1) is 0 Å². The molecule has 0 aliphatic rings. The van der Waals surface area contributed by atoms with Crippen LogP contribution in [0.15, 0.2) is 29.3 Å². The molecule has 0 aliphatic carbocycles. The van der Waals surface area contributed by atoms with Crippen LogP contribution in [0.25, 0.3) is 0 Å². The molecule has 0 bridgehead atoms. The maximum atomic E-state index is 11.0. The van der Waals surface area contributed by atoms with Crippen molar-refractivity contribution >= 4 is 11.9 Å². The molecule has 0 rings (SSSR count). The first-order valence-electron chi connectivity index (χ1n) is 6.40. The number of carboxylic acid groups (broad SMARTS) is 1. The number of unbranched alkanes of at least 4 members (excludes halogenated alkanes) is 5. The molecule has 0 heterocycles. The molecular formula is C14H22NNaO3. The molecule has 1 N–H and O–H groups in total. The Balaban J connectivity index is 0. The molecule has 0 saturated carbocycles. The van der Waals surface area contributed by atoms with Gasteiger partial charge in [-0.25, -0.2) is 4.79 Å². The Bertz CT molecular complexity index is 312. The van der Waals surface area contributed by atoms with Crippen LogP contribution >= 0.6 is 0 Å². The molecule has 0 amide bonds. The van der Waals surface area contributed by atoms with E-state index in [1.165, 1.54) is 12.8 Å². The first-order valence-corrected chi connectivity index (χ1v) is 6.40. The summed E-state index contributed by atoms with van der Waals surface area (Å²) in [5.41, 5.74) is 0. The Morgan fingerprint density at radius 2 is 1.79 bits per heavy atom. The Morgan fingerprint density at radius 3 is 2.42 bits per heavy atom. The van der Waals surface area contributed by atoms with Crippen molar-refractivity contribution in [3.05, 3.63) is 24.3 Å². The second kappa shape index (κ2) is 15.5. The van der Waals surface area contributed by atoms with Crippen LogP contribution in [0.1, 0.15) is 45.4 Å². The number of allylic oxidation sites excluding steroid dienone is 2. The summed E-state index contributed by atoms with van der Waals surface area (Å²) in [6.45, 7) is 2.51. The normalized spacial score (nSPS) is 11.9. The SMILES string of the molecule is C/C=C/CCCCCCCN=C([O-])/C=C/C(=O)O.[Na+]. The van der Waals surface area contributed by atoms with Crippen LogP contribution in [0.2, 0.25) is 0 Å². The van der Waals surface area contributed by atoms with Gasteiger partial charge in [-0.1, -0.05) is 31.4 Å². The number of aliphatic imine (C=N–C) groups is 1. The van der Waals surface area contributed by atoms with Gasteiger partial charge in [-0.05, 0) is 38.2 Å². The Morgan fingerprint density at radius 1 is 1.16 bits per heavy atom. The summed E-state index contributed by atoms with van der Waals surface area (Å²) in [5, 5.41) is 19.3. The quantitative estimate of drug-likeness (QED) is 0.143. The van der Waals surface area contributed by atoms with E-state index in [4.69, 9.17) is 5.11 Å². The summed E-state index contributed by atoms with van der Waals surface area (Å²) in [6, 6.07) is 0. The van der Waals surface area contributed by atoms with Crippen molar-refractivity contribution in [2.24, 2.45) is 4.99 Å². The van der Waals surface area contributed by atoms with Crippen molar-refractivity contribution in [3.8, 4) is 0 Å². The summed E-state index contributed by atoms with van der Waals surface area (Å²) in [7, 11) is 0. The predicted molar refractivity (Wildman–Crippen MR) is 71.6 cm³/mol. The Hall–Kier alpha value is -0.580.